The van der Waals surface area contributed by atoms with Crippen molar-refractivity contribution in [3.05, 3.63) is 35.6 Å². The predicted octanol–water partition coefficient (Wildman–Crippen LogP) is 2.52. The summed E-state index contributed by atoms with van der Waals surface area (Å²) in [6.07, 6.45) is 3.40. The molecule has 2 unspecified atom stereocenters. The summed E-state index contributed by atoms with van der Waals surface area (Å²) in [7, 11) is 0. The molecule has 2 saturated heterocycles. The molecule has 182 valence electrons. The largest absolute Gasteiger partial charge is 0.387 e. The van der Waals surface area contributed by atoms with E-state index < -0.39 is 6.61 Å². The molecule has 2 aliphatic rings. The maximum Gasteiger partial charge on any atom is 0.291 e. The molecule has 2 atom stereocenters. The van der Waals surface area contributed by atoms with E-state index in [2.05, 4.69) is 27.1 Å². The number of carbonyl (C=O) groups is 1. The molecule has 5 rings (SSSR count). The summed E-state index contributed by atoms with van der Waals surface area (Å²) in [5.74, 6) is 0.802. The van der Waals surface area contributed by atoms with Gasteiger partial charge in [0.2, 0.25) is 11.8 Å². The molecule has 1 amide bonds. The Bertz CT molecular complexity index is 1170. The topological polar surface area (TPSA) is 101 Å². The van der Waals surface area contributed by atoms with E-state index in [-0.39, 0.29) is 23.6 Å². The van der Waals surface area contributed by atoms with E-state index in [1.165, 1.54) is 10.7 Å². The Morgan fingerprint density at radius 3 is 2.74 bits per heavy atom. The number of aliphatic hydroxyl groups excluding tert-OH is 1. The molecule has 1 N–H and O–H groups in total. The fourth-order valence-corrected chi connectivity index (χ4v) is 5.55. The van der Waals surface area contributed by atoms with E-state index in [9.17, 15) is 9.18 Å². The number of amides is 1. The number of hydrogen-bond acceptors (Lipinski definition) is 7. The van der Waals surface area contributed by atoms with E-state index in [0.717, 1.165) is 43.4 Å². The first-order chi connectivity index (χ1) is 16.5. The van der Waals surface area contributed by atoms with Crippen molar-refractivity contribution in [3.8, 4) is 5.95 Å². The summed E-state index contributed by atoms with van der Waals surface area (Å²) in [6.45, 7) is 6.96. The Hall–Kier alpha value is -2.85. The van der Waals surface area contributed by atoms with Crippen molar-refractivity contribution < 1.29 is 18.8 Å². The number of halogens is 1. The molecule has 2 aromatic heterocycles. The molecule has 2 fully saturated rings. The summed E-state index contributed by atoms with van der Waals surface area (Å²) in [5, 5.41) is 18.6. The smallest absolute Gasteiger partial charge is 0.291 e. The van der Waals surface area contributed by atoms with Crippen LogP contribution in [0, 0.1) is 11.7 Å². The lowest BCUT2D eigenvalue weighted by Gasteiger charge is -2.44. The molecule has 10 heteroatoms. The first kappa shape index (κ1) is 22.9. The number of carbonyl (C=O) groups excluding carboxylic acids is 1. The lowest BCUT2D eigenvalue weighted by Crippen LogP contribution is -2.53. The van der Waals surface area contributed by atoms with E-state index >= 15 is 0 Å². The first-order valence-electron chi connectivity index (χ1n) is 12.1. The molecule has 3 aromatic rings. The second-order valence-electron chi connectivity index (χ2n) is 9.42. The van der Waals surface area contributed by atoms with Crippen molar-refractivity contribution in [2.24, 2.45) is 5.92 Å². The van der Waals surface area contributed by atoms with Crippen molar-refractivity contribution in [2.75, 3.05) is 32.8 Å². The van der Waals surface area contributed by atoms with Crippen molar-refractivity contribution in [2.45, 2.75) is 51.5 Å². The van der Waals surface area contributed by atoms with Crippen LogP contribution >= 0.6 is 0 Å². The van der Waals surface area contributed by atoms with Gasteiger partial charge in [-0.25, -0.2) is 4.39 Å². The second kappa shape index (κ2) is 9.42. The summed E-state index contributed by atoms with van der Waals surface area (Å²) in [5.41, 5.74) is 1.18. The number of hydrogen-bond donors (Lipinski definition) is 1. The number of benzene rings is 1. The van der Waals surface area contributed by atoms with Crippen LogP contribution in [0.2, 0.25) is 0 Å². The molecule has 0 aliphatic carbocycles. The fourth-order valence-electron chi connectivity index (χ4n) is 5.55. The molecular formula is C24H31FN6O3. The lowest BCUT2D eigenvalue weighted by atomic mass is 9.88. The van der Waals surface area contributed by atoms with Crippen LogP contribution in [0.5, 0.6) is 0 Å². The van der Waals surface area contributed by atoms with Crippen molar-refractivity contribution in [3.63, 3.8) is 0 Å². The maximum absolute atomic E-state index is 14.6. The van der Waals surface area contributed by atoms with Crippen LogP contribution in [-0.2, 0) is 11.2 Å². The highest BCUT2D eigenvalue weighted by atomic mass is 19.1. The molecule has 34 heavy (non-hydrogen) atoms. The highest BCUT2D eigenvalue weighted by molar-refractivity contribution is 5.83. The Kier molecular flexibility index (Phi) is 6.35. The number of para-hydroxylation sites is 1. The molecule has 0 spiro atoms. The SMILES string of the molecule is CCc1nn(-c2noc(C3CCN(C4CCN(C(=O)CO)CC4C)CC3)n2)c2c(F)cccc12. The first-order valence-corrected chi connectivity index (χ1v) is 12.1. The number of likely N-dealkylation sites (tertiary alicyclic amines) is 2. The van der Waals surface area contributed by atoms with Crippen LogP contribution in [0.3, 0.4) is 0 Å². The third-order valence-electron chi connectivity index (χ3n) is 7.38. The van der Waals surface area contributed by atoms with Gasteiger partial charge in [-0.2, -0.15) is 14.8 Å². The van der Waals surface area contributed by atoms with E-state index in [1.54, 1.807) is 11.0 Å². The standard InChI is InChI=1S/C24H31FN6O3/c1-3-19-17-5-4-6-18(25)22(17)31(27-19)24-26-23(34-28-24)16-7-10-29(11-8-16)20-9-12-30(13-15(20)2)21(33)14-32/h4-6,15-16,20,32H,3,7-14H2,1-2H3. The minimum atomic E-state index is -0.421. The summed E-state index contributed by atoms with van der Waals surface area (Å²) >= 11 is 0. The van der Waals surface area contributed by atoms with Crippen molar-refractivity contribution >= 4 is 16.8 Å². The van der Waals surface area contributed by atoms with Gasteiger partial charge in [-0.1, -0.05) is 26.0 Å². The van der Waals surface area contributed by atoms with Crippen LogP contribution < -0.4 is 0 Å². The molecule has 0 radical (unpaired) electrons. The van der Waals surface area contributed by atoms with Gasteiger partial charge < -0.3 is 14.5 Å². The van der Waals surface area contributed by atoms with Crippen LogP contribution in [-0.4, -0.2) is 79.6 Å². The summed E-state index contributed by atoms with van der Waals surface area (Å²) in [4.78, 5) is 20.7. The van der Waals surface area contributed by atoms with Crippen LogP contribution in [0.1, 0.15) is 50.6 Å². The highest BCUT2D eigenvalue weighted by Gasteiger charge is 2.35. The number of nitrogens with zero attached hydrogens (tertiary/aromatic N) is 6. The number of aliphatic hydroxyl groups is 1. The van der Waals surface area contributed by atoms with E-state index in [4.69, 9.17) is 9.63 Å². The maximum atomic E-state index is 14.6. The number of rotatable bonds is 5. The summed E-state index contributed by atoms with van der Waals surface area (Å²) < 4.78 is 21.7. The van der Waals surface area contributed by atoms with E-state index in [0.29, 0.717) is 42.9 Å². The molecule has 4 heterocycles. The minimum absolute atomic E-state index is 0.154. The third-order valence-corrected chi connectivity index (χ3v) is 7.38. The highest BCUT2D eigenvalue weighted by Crippen LogP contribution is 2.32. The lowest BCUT2D eigenvalue weighted by molar-refractivity contribution is -0.137. The normalized spacial score (nSPS) is 22.5. The zero-order valence-corrected chi connectivity index (χ0v) is 19.7. The molecule has 1 aromatic carbocycles. The van der Waals surface area contributed by atoms with Crippen molar-refractivity contribution in [1.29, 1.82) is 0 Å². The van der Waals surface area contributed by atoms with Gasteiger partial charge in [0, 0.05) is 30.4 Å². The van der Waals surface area contributed by atoms with Gasteiger partial charge in [0.1, 0.15) is 17.9 Å². The van der Waals surface area contributed by atoms with Gasteiger partial charge in [0.25, 0.3) is 5.95 Å². The molecule has 0 saturated carbocycles. The number of piperidine rings is 2. The number of fused-ring (bicyclic) bond motifs is 1. The second-order valence-corrected chi connectivity index (χ2v) is 9.42. The predicted molar refractivity (Wildman–Crippen MR) is 123 cm³/mol. The van der Waals surface area contributed by atoms with Crippen LogP contribution in [0.25, 0.3) is 16.9 Å². The van der Waals surface area contributed by atoms with Gasteiger partial charge in [0.15, 0.2) is 0 Å². The zero-order valence-electron chi connectivity index (χ0n) is 19.7. The van der Waals surface area contributed by atoms with E-state index in [1.807, 2.05) is 13.0 Å². The molecule has 9 nitrogen and oxygen atoms in total. The fraction of sp³-hybridized carbons (Fsp3) is 0.583. The third kappa shape index (κ3) is 4.09. The van der Waals surface area contributed by atoms with Gasteiger partial charge in [0.05, 0.1) is 5.69 Å². The Morgan fingerprint density at radius 2 is 2.03 bits per heavy atom. The quantitative estimate of drug-likeness (QED) is 0.612. The van der Waals surface area contributed by atoms with Gasteiger partial charge in [-0.15, -0.1) is 0 Å². The van der Waals surface area contributed by atoms with Crippen molar-refractivity contribution in [1.82, 2.24) is 29.7 Å². The Balaban J connectivity index is 1.26. The number of aromatic nitrogens is 4. The molecule has 2 aliphatic heterocycles. The van der Waals surface area contributed by atoms with Crippen LogP contribution in [0.15, 0.2) is 22.7 Å². The average molecular weight is 471 g/mol. The van der Waals surface area contributed by atoms with Crippen LogP contribution in [0.4, 0.5) is 4.39 Å². The average Bonchev–Trinajstić information content (AvgIpc) is 3.49. The Morgan fingerprint density at radius 1 is 1.24 bits per heavy atom. The molecular weight excluding hydrogens is 439 g/mol. The van der Waals surface area contributed by atoms with Gasteiger partial charge in [-0.05, 0) is 55.9 Å². The minimum Gasteiger partial charge on any atom is -0.387 e. The number of aryl methyl sites for hydroxylation is 1. The van der Waals surface area contributed by atoms with Gasteiger partial charge in [-0.3, -0.25) is 9.69 Å². The zero-order chi connectivity index (χ0) is 23.8. The van der Waals surface area contributed by atoms with Gasteiger partial charge >= 0.3 is 0 Å². The molecule has 0 bridgehead atoms. The summed E-state index contributed by atoms with van der Waals surface area (Å²) in [6, 6.07) is 5.39. The monoisotopic (exact) mass is 470 g/mol. The Labute approximate surface area is 197 Å².